The molecular formula is C21H17FN4O2S2. The number of aromatic nitrogens is 3. The third-order valence-corrected chi connectivity index (χ3v) is 6.27. The maximum atomic E-state index is 13.4. The van der Waals surface area contributed by atoms with Gasteiger partial charge in [0.05, 0.1) is 16.3 Å². The Kier molecular flexibility index (Phi) is 5.67. The monoisotopic (exact) mass is 440 g/mol. The molecule has 0 aliphatic heterocycles. The number of aromatic amines is 1. The normalized spacial score (nSPS) is 11.5. The van der Waals surface area contributed by atoms with Crippen LogP contribution in [0.3, 0.4) is 0 Å². The highest BCUT2D eigenvalue weighted by Crippen LogP contribution is 2.33. The number of sulfonamides is 1. The minimum absolute atomic E-state index is 0.0767. The van der Waals surface area contributed by atoms with Crippen LogP contribution in [0.4, 0.5) is 4.39 Å². The van der Waals surface area contributed by atoms with Gasteiger partial charge in [-0.3, -0.25) is 4.98 Å². The number of halogens is 1. The number of imidazole rings is 1. The van der Waals surface area contributed by atoms with Gasteiger partial charge in [-0.25, -0.2) is 22.9 Å². The fourth-order valence-electron chi connectivity index (χ4n) is 2.89. The lowest BCUT2D eigenvalue weighted by atomic mass is 10.1. The molecule has 0 radical (unpaired) electrons. The van der Waals surface area contributed by atoms with E-state index in [9.17, 15) is 12.8 Å². The molecule has 6 nitrogen and oxygen atoms in total. The Morgan fingerprint density at radius 2 is 1.60 bits per heavy atom. The summed E-state index contributed by atoms with van der Waals surface area (Å²) in [6.45, 7) is 0. The van der Waals surface area contributed by atoms with Gasteiger partial charge in [-0.2, -0.15) is 0 Å². The van der Waals surface area contributed by atoms with Crippen molar-refractivity contribution in [2.24, 2.45) is 5.14 Å². The standard InChI is InChI=1S/C21H17FN4O2S2/c22-17-5-3-15(4-6-17)19-20(16-9-11-24-12-10-16)26-21(25-19)29-13-14-1-7-18(8-2-14)30(23,27)28/h1-12H,13H2,(H,25,26)(H2,23,27,28). The van der Waals surface area contributed by atoms with E-state index < -0.39 is 10.0 Å². The number of hydrogen-bond acceptors (Lipinski definition) is 5. The second-order valence-corrected chi connectivity index (χ2v) is 9.01. The quantitative estimate of drug-likeness (QED) is 0.437. The van der Waals surface area contributed by atoms with Gasteiger partial charge >= 0.3 is 0 Å². The number of pyridine rings is 1. The van der Waals surface area contributed by atoms with E-state index in [1.165, 1.54) is 36.0 Å². The molecule has 4 rings (SSSR count). The van der Waals surface area contributed by atoms with Crippen LogP contribution in [0.25, 0.3) is 22.5 Å². The molecular weight excluding hydrogens is 423 g/mol. The summed E-state index contributed by atoms with van der Waals surface area (Å²) >= 11 is 1.48. The molecule has 4 aromatic rings. The molecule has 0 atom stereocenters. The summed E-state index contributed by atoms with van der Waals surface area (Å²) < 4.78 is 36.1. The first-order chi connectivity index (χ1) is 14.4. The lowest BCUT2D eigenvalue weighted by Crippen LogP contribution is -2.11. The van der Waals surface area contributed by atoms with Gasteiger partial charge < -0.3 is 4.98 Å². The van der Waals surface area contributed by atoms with E-state index in [0.29, 0.717) is 10.9 Å². The Labute approximate surface area is 177 Å². The van der Waals surface area contributed by atoms with Gasteiger partial charge in [-0.15, -0.1) is 0 Å². The van der Waals surface area contributed by atoms with E-state index in [2.05, 4.69) is 9.97 Å². The van der Waals surface area contributed by atoms with Gasteiger partial charge in [0, 0.05) is 29.3 Å². The smallest absolute Gasteiger partial charge is 0.238 e. The first-order valence-electron chi connectivity index (χ1n) is 8.91. The SMILES string of the molecule is NS(=O)(=O)c1ccc(CSc2nc(-c3ccncc3)c(-c3ccc(F)cc3)[nH]2)cc1. The molecule has 0 amide bonds. The van der Waals surface area contributed by atoms with Crippen molar-refractivity contribution in [3.05, 3.63) is 84.4 Å². The molecule has 2 aromatic carbocycles. The summed E-state index contributed by atoms with van der Waals surface area (Å²) in [4.78, 5) is 12.2. The second kappa shape index (κ2) is 8.39. The molecule has 0 spiro atoms. The highest BCUT2D eigenvalue weighted by molar-refractivity contribution is 7.98. The molecule has 2 heterocycles. The minimum atomic E-state index is -3.71. The third kappa shape index (κ3) is 4.59. The molecule has 0 saturated heterocycles. The molecule has 3 N–H and O–H groups in total. The predicted molar refractivity (Wildman–Crippen MR) is 115 cm³/mol. The van der Waals surface area contributed by atoms with Crippen molar-refractivity contribution in [2.45, 2.75) is 15.8 Å². The van der Waals surface area contributed by atoms with Crippen LogP contribution in [-0.2, 0) is 15.8 Å². The predicted octanol–water partition coefficient (Wildman–Crippen LogP) is 4.22. The molecule has 0 fully saturated rings. The summed E-state index contributed by atoms with van der Waals surface area (Å²) in [6, 6.07) is 16.4. The summed E-state index contributed by atoms with van der Waals surface area (Å²) in [5.74, 6) is 0.276. The van der Waals surface area contributed by atoms with Crippen LogP contribution < -0.4 is 5.14 Å². The summed E-state index contributed by atoms with van der Waals surface area (Å²) in [7, 11) is -3.71. The van der Waals surface area contributed by atoms with Gasteiger partial charge in [-0.05, 0) is 54.1 Å². The third-order valence-electron chi connectivity index (χ3n) is 4.40. The Bertz CT molecular complexity index is 1260. The average Bonchev–Trinajstić information content (AvgIpc) is 3.17. The van der Waals surface area contributed by atoms with Crippen LogP contribution in [0.5, 0.6) is 0 Å². The molecule has 30 heavy (non-hydrogen) atoms. The van der Waals surface area contributed by atoms with Gasteiger partial charge in [-0.1, -0.05) is 23.9 Å². The highest BCUT2D eigenvalue weighted by atomic mass is 32.2. The second-order valence-electron chi connectivity index (χ2n) is 6.49. The van der Waals surface area contributed by atoms with Crippen LogP contribution in [-0.4, -0.2) is 23.4 Å². The van der Waals surface area contributed by atoms with Crippen molar-refractivity contribution < 1.29 is 12.8 Å². The molecule has 0 aliphatic rings. The lowest BCUT2D eigenvalue weighted by molar-refractivity contribution is 0.598. The molecule has 152 valence electrons. The van der Waals surface area contributed by atoms with Crippen LogP contribution in [0, 0.1) is 5.82 Å². The molecule has 0 aliphatic carbocycles. The van der Waals surface area contributed by atoms with Crippen molar-refractivity contribution in [2.75, 3.05) is 0 Å². The number of thioether (sulfide) groups is 1. The van der Waals surface area contributed by atoms with Crippen molar-refractivity contribution in [3.8, 4) is 22.5 Å². The number of benzene rings is 2. The van der Waals surface area contributed by atoms with E-state index in [-0.39, 0.29) is 10.7 Å². The van der Waals surface area contributed by atoms with E-state index in [0.717, 1.165) is 28.1 Å². The molecule has 2 aromatic heterocycles. The molecule has 9 heteroatoms. The number of nitrogens with one attached hydrogen (secondary N) is 1. The maximum absolute atomic E-state index is 13.4. The summed E-state index contributed by atoms with van der Waals surface area (Å²) in [6.07, 6.45) is 3.39. The van der Waals surface area contributed by atoms with E-state index in [1.54, 1.807) is 36.7 Å². The minimum Gasteiger partial charge on any atom is -0.332 e. The Hall–Kier alpha value is -3.01. The first kappa shape index (κ1) is 20.3. The van der Waals surface area contributed by atoms with Crippen molar-refractivity contribution in [3.63, 3.8) is 0 Å². The van der Waals surface area contributed by atoms with E-state index in [4.69, 9.17) is 10.1 Å². The summed E-state index contributed by atoms with van der Waals surface area (Å²) in [5, 5.41) is 5.83. The Balaban J connectivity index is 1.62. The number of primary sulfonamides is 1. The number of nitrogens with two attached hydrogens (primary N) is 1. The van der Waals surface area contributed by atoms with Crippen LogP contribution in [0.15, 0.2) is 83.1 Å². The zero-order chi connectivity index (χ0) is 21.1. The van der Waals surface area contributed by atoms with Gasteiger partial charge in [0.25, 0.3) is 0 Å². The fraction of sp³-hybridized carbons (Fsp3) is 0.0476. The van der Waals surface area contributed by atoms with Crippen LogP contribution in [0.2, 0.25) is 0 Å². The molecule has 0 bridgehead atoms. The van der Waals surface area contributed by atoms with E-state index in [1.807, 2.05) is 12.1 Å². The lowest BCUT2D eigenvalue weighted by Gasteiger charge is -2.03. The van der Waals surface area contributed by atoms with Gasteiger partial charge in [0.2, 0.25) is 10.0 Å². The van der Waals surface area contributed by atoms with Crippen molar-refractivity contribution >= 4 is 21.8 Å². The number of H-pyrrole nitrogens is 1. The largest absolute Gasteiger partial charge is 0.332 e. The fourth-order valence-corrected chi connectivity index (χ4v) is 4.23. The molecule has 0 saturated carbocycles. The number of rotatable bonds is 6. The number of hydrogen-bond donors (Lipinski definition) is 2. The Morgan fingerprint density at radius 1 is 0.933 bits per heavy atom. The topological polar surface area (TPSA) is 102 Å². The average molecular weight is 441 g/mol. The van der Waals surface area contributed by atoms with Crippen molar-refractivity contribution in [1.82, 2.24) is 15.0 Å². The van der Waals surface area contributed by atoms with Crippen molar-refractivity contribution in [1.29, 1.82) is 0 Å². The maximum Gasteiger partial charge on any atom is 0.238 e. The number of nitrogens with zero attached hydrogens (tertiary/aromatic N) is 2. The highest BCUT2D eigenvalue weighted by Gasteiger charge is 2.15. The Morgan fingerprint density at radius 3 is 2.23 bits per heavy atom. The zero-order valence-corrected chi connectivity index (χ0v) is 17.3. The van der Waals surface area contributed by atoms with Gasteiger partial charge in [0.15, 0.2) is 5.16 Å². The van der Waals surface area contributed by atoms with E-state index >= 15 is 0 Å². The van der Waals surface area contributed by atoms with Gasteiger partial charge in [0.1, 0.15) is 5.82 Å². The van der Waals surface area contributed by atoms with Crippen LogP contribution in [0.1, 0.15) is 5.56 Å². The zero-order valence-electron chi connectivity index (χ0n) is 15.6. The molecule has 0 unspecified atom stereocenters. The summed E-state index contributed by atoms with van der Waals surface area (Å²) in [5.41, 5.74) is 4.17. The first-order valence-corrected chi connectivity index (χ1v) is 11.4. The van der Waals surface area contributed by atoms with Crippen LogP contribution >= 0.6 is 11.8 Å².